The van der Waals surface area contributed by atoms with Gasteiger partial charge in [0.25, 0.3) is 0 Å². The number of halogens is 2. The van der Waals surface area contributed by atoms with Crippen LogP contribution in [0.15, 0.2) is 18.2 Å². The van der Waals surface area contributed by atoms with Crippen molar-refractivity contribution in [3.63, 3.8) is 0 Å². The Kier molecular flexibility index (Phi) is 1.98. The molecule has 0 aliphatic rings. The molecular weight excluding hydrogens is 193 g/mol. The predicted molar refractivity (Wildman–Crippen MR) is 49.2 cm³/mol. The first-order valence-corrected chi connectivity index (χ1v) is 4.16. The molecule has 2 nitrogen and oxygen atoms in total. The van der Waals surface area contributed by atoms with Crippen LogP contribution in [0.5, 0.6) is 0 Å². The molecule has 2 aromatic rings. The van der Waals surface area contributed by atoms with Gasteiger partial charge in [0, 0.05) is 16.6 Å². The summed E-state index contributed by atoms with van der Waals surface area (Å²) in [5, 5.41) is 9.71. The van der Waals surface area contributed by atoms with Crippen LogP contribution in [0.1, 0.15) is 5.69 Å². The van der Waals surface area contributed by atoms with E-state index in [-0.39, 0.29) is 11.6 Å². The third kappa shape index (κ3) is 1.41. The Morgan fingerprint density at radius 1 is 1.38 bits per heavy atom. The molecule has 1 aromatic carbocycles. The summed E-state index contributed by atoms with van der Waals surface area (Å²) in [7, 11) is 0. The molecule has 0 radical (unpaired) electrons. The van der Waals surface area contributed by atoms with Crippen LogP contribution >= 0.6 is 11.6 Å². The SMILES string of the molecule is OCc1cc2cc(Cl)c(F)cc2[nH]1. The van der Waals surface area contributed by atoms with E-state index in [1.165, 1.54) is 12.1 Å². The van der Waals surface area contributed by atoms with Crippen LogP contribution in [0.2, 0.25) is 5.02 Å². The molecule has 0 amide bonds. The zero-order valence-electron chi connectivity index (χ0n) is 6.64. The van der Waals surface area contributed by atoms with E-state index in [9.17, 15) is 4.39 Å². The molecule has 0 aliphatic heterocycles. The van der Waals surface area contributed by atoms with Gasteiger partial charge in [-0.1, -0.05) is 11.6 Å². The van der Waals surface area contributed by atoms with Gasteiger partial charge in [-0.05, 0) is 18.2 Å². The molecule has 0 bridgehead atoms. The van der Waals surface area contributed by atoms with Gasteiger partial charge in [0.1, 0.15) is 5.82 Å². The summed E-state index contributed by atoms with van der Waals surface area (Å²) in [5.41, 5.74) is 1.29. The molecule has 0 saturated carbocycles. The molecule has 0 fully saturated rings. The molecule has 0 aliphatic carbocycles. The Morgan fingerprint density at radius 3 is 2.85 bits per heavy atom. The van der Waals surface area contributed by atoms with E-state index in [4.69, 9.17) is 16.7 Å². The maximum absolute atomic E-state index is 12.9. The second kappa shape index (κ2) is 3.01. The summed E-state index contributed by atoms with van der Waals surface area (Å²) in [6.07, 6.45) is 0. The number of benzene rings is 1. The van der Waals surface area contributed by atoms with Crippen molar-refractivity contribution in [1.29, 1.82) is 0 Å². The molecule has 4 heteroatoms. The third-order valence-corrected chi connectivity index (χ3v) is 2.18. The highest BCUT2D eigenvalue weighted by atomic mass is 35.5. The summed E-state index contributed by atoms with van der Waals surface area (Å²) in [6, 6.07) is 4.58. The van der Waals surface area contributed by atoms with Crippen LogP contribution < -0.4 is 0 Å². The zero-order chi connectivity index (χ0) is 9.42. The highest BCUT2D eigenvalue weighted by molar-refractivity contribution is 6.31. The molecule has 0 saturated heterocycles. The number of aromatic nitrogens is 1. The average molecular weight is 200 g/mol. The minimum Gasteiger partial charge on any atom is -0.390 e. The molecule has 0 atom stereocenters. The minimum atomic E-state index is -0.458. The van der Waals surface area contributed by atoms with Gasteiger partial charge < -0.3 is 10.1 Å². The number of H-pyrrole nitrogens is 1. The molecule has 1 heterocycles. The van der Waals surface area contributed by atoms with Crippen LogP contribution in [0, 0.1) is 5.82 Å². The summed E-state index contributed by atoms with van der Waals surface area (Å²) < 4.78 is 12.9. The first-order chi connectivity index (χ1) is 6.20. The maximum Gasteiger partial charge on any atom is 0.143 e. The van der Waals surface area contributed by atoms with Crippen LogP contribution in [-0.2, 0) is 6.61 Å². The van der Waals surface area contributed by atoms with Gasteiger partial charge in [0.15, 0.2) is 0 Å². The fourth-order valence-electron chi connectivity index (χ4n) is 1.27. The lowest BCUT2D eigenvalue weighted by Crippen LogP contribution is -1.79. The number of fused-ring (bicyclic) bond motifs is 1. The molecule has 0 unspecified atom stereocenters. The fourth-order valence-corrected chi connectivity index (χ4v) is 1.44. The second-order valence-electron chi connectivity index (χ2n) is 2.81. The van der Waals surface area contributed by atoms with Gasteiger partial charge >= 0.3 is 0 Å². The summed E-state index contributed by atoms with van der Waals surface area (Å²) in [5.74, 6) is -0.458. The van der Waals surface area contributed by atoms with Crippen molar-refractivity contribution in [1.82, 2.24) is 4.98 Å². The predicted octanol–water partition coefficient (Wildman–Crippen LogP) is 2.45. The monoisotopic (exact) mass is 199 g/mol. The van der Waals surface area contributed by atoms with Crippen LogP contribution in [0.4, 0.5) is 4.39 Å². The van der Waals surface area contributed by atoms with E-state index in [2.05, 4.69) is 4.98 Å². The zero-order valence-corrected chi connectivity index (χ0v) is 7.40. The fraction of sp³-hybridized carbons (Fsp3) is 0.111. The van der Waals surface area contributed by atoms with E-state index < -0.39 is 5.82 Å². The van der Waals surface area contributed by atoms with E-state index in [1.54, 1.807) is 6.07 Å². The Labute approximate surface area is 79.0 Å². The van der Waals surface area contributed by atoms with Crippen LogP contribution in [0.3, 0.4) is 0 Å². The van der Waals surface area contributed by atoms with E-state index in [0.717, 1.165) is 5.39 Å². The van der Waals surface area contributed by atoms with Crippen LogP contribution in [-0.4, -0.2) is 10.1 Å². The third-order valence-electron chi connectivity index (χ3n) is 1.89. The van der Waals surface area contributed by atoms with E-state index in [0.29, 0.717) is 11.2 Å². The molecule has 68 valence electrons. The van der Waals surface area contributed by atoms with Gasteiger partial charge in [0.2, 0.25) is 0 Å². The standard InChI is InChI=1S/C9H7ClFNO/c10-7-2-5-1-6(4-13)12-9(5)3-8(7)11/h1-3,12-13H,4H2. The second-order valence-corrected chi connectivity index (χ2v) is 3.21. The number of nitrogens with one attached hydrogen (secondary N) is 1. The van der Waals surface area contributed by atoms with Crippen molar-refractivity contribution in [3.8, 4) is 0 Å². The van der Waals surface area contributed by atoms with Crippen molar-refractivity contribution in [2.45, 2.75) is 6.61 Å². The number of hydrogen-bond acceptors (Lipinski definition) is 1. The smallest absolute Gasteiger partial charge is 0.143 e. The van der Waals surface area contributed by atoms with Crippen molar-refractivity contribution in [2.24, 2.45) is 0 Å². The quantitative estimate of drug-likeness (QED) is 0.727. The largest absolute Gasteiger partial charge is 0.390 e. The van der Waals surface area contributed by atoms with Crippen LogP contribution in [0.25, 0.3) is 10.9 Å². The topological polar surface area (TPSA) is 36.0 Å². The Morgan fingerprint density at radius 2 is 2.15 bits per heavy atom. The average Bonchev–Trinajstić information content (AvgIpc) is 2.48. The lowest BCUT2D eigenvalue weighted by molar-refractivity contribution is 0.278. The molecule has 0 spiro atoms. The highest BCUT2D eigenvalue weighted by Gasteiger charge is 2.04. The normalized spacial score (nSPS) is 11.0. The van der Waals surface area contributed by atoms with Crippen molar-refractivity contribution in [2.75, 3.05) is 0 Å². The Hall–Kier alpha value is -1.06. The minimum absolute atomic E-state index is 0.0894. The van der Waals surface area contributed by atoms with Gasteiger partial charge in [-0.2, -0.15) is 0 Å². The Bertz CT molecular complexity index is 413. The molecule has 1 aromatic heterocycles. The van der Waals surface area contributed by atoms with Gasteiger partial charge in [0.05, 0.1) is 11.6 Å². The highest BCUT2D eigenvalue weighted by Crippen LogP contribution is 2.23. The molecule has 2 N–H and O–H groups in total. The van der Waals surface area contributed by atoms with Gasteiger partial charge in [-0.3, -0.25) is 0 Å². The van der Waals surface area contributed by atoms with Gasteiger partial charge in [-0.15, -0.1) is 0 Å². The van der Waals surface area contributed by atoms with Crippen molar-refractivity contribution >= 4 is 22.5 Å². The number of aliphatic hydroxyl groups excluding tert-OH is 1. The molecule has 2 rings (SSSR count). The number of rotatable bonds is 1. The maximum atomic E-state index is 12.9. The Balaban J connectivity index is 2.70. The van der Waals surface area contributed by atoms with Gasteiger partial charge in [-0.25, -0.2) is 4.39 Å². The van der Waals surface area contributed by atoms with Crippen molar-refractivity contribution < 1.29 is 9.50 Å². The lowest BCUT2D eigenvalue weighted by atomic mass is 10.2. The number of hydrogen-bond donors (Lipinski definition) is 2. The lowest BCUT2D eigenvalue weighted by Gasteiger charge is -1.93. The van der Waals surface area contributed by atoms with Crippen molar-refractivity contribution in [3.05, 3.63) is 34.7 Å². The first kappa shape index (κ1) is 8.53. The number of aromatic amines is 1. The van der Waals surface area contributed by atoms with E-state index >= 15 is 0 Å². The van der Waals surface area contributed by atoms with E-state index in [1.807, 2.05) is 0 Å². The summed E-state index contributed by atoms with van der Waals surface area (Å²) >= 11 is 5.59. The molecular formula is C9H7ClFNO. The summed E-state index contributed by atoms with van der Waals surface area (Å²) in [6.45, 7) is -0.0894. The number of aliphatic hydroxyl groups is 1. The summed E-state index contributed by atoms with van der Waals surface area (Å²) in [4.78, 5) is 2.86. The molecule has 13 heavy (non-hydrogen) atoms. The first-order valence-electron chi connectivity index (χ1n) is 3.78.